The van der Waals surface area contributed by atoms with Crippen LogP contribution in [0.4, 0.5) is 0 Å². The van der Waals surface area contributed by atoms with Gasteiger partial charge in [0.2, 0.25) is 5.91 Å². The molecular formula is C12H17N3O2. The average Bonchev–Trinajstić information content (AvgIpc) is 2.74. The molecule has 1 aliphatic rings. The van der Waals surface area contributed by atoms with Crippen molar-refractivity contribution in [2.45, 2.75) is 19.5 Å². The molecule has 1 fully saturated rings. The summed E-state index contributed by atoms with van der Waals surface area (Å²) in [7, 11) is 0. The Balaban J connectivity index is 1.90. The van der Waals surface area contributed by atoms with Gasteiger partial charge in [-0.25, -0.2) is 0 Å². The van der Waals surface area contributed by atoms with Crippen LogP contribution in [0.5, 0.6) is 0 Å². The molecule has 1 aromatic rings. The molecule has 1 saturated heterocycles. The fraction of sp³-hybridized carbons (Fsp3) is 0.500. The number of nitrogens with zero attached hydrogens (tertiary/aromatic N) is 1. The largest absolute Gasteiger partial charge is 0.379 e. The molecule has 1 aliphatic heterocycles. The predicted octanol–water partition coefficient (Wildman–Crippen LogP) is -0.0201. The highest BCUT2D eigenvalue weighted by Crippen LogP contribution is 2.12. The number of aryl methyl sites for hydroxylation is 1. The van der Waals surface area contributed by atoms with E-state index < -0.39 is 0 Å². The molecule has 2 atom stereocenters. The molecule has 17 heavy (non-hydrogen) atoms. The quantitative estimate of drug-likeness (QED) is 0.772. The summed E-state index contributed by atoms with van der Waals surface area (Å²) in [6, 6.07) is 1.72. The lowest BCUT2D eigenvalue weighted by molar-refractivity contribution is -0.125. The third kappa shape index (κ3) is 2.81. The minimum atomic E-state index is -0.225. The van der Waals surface area contributed by atoms with E-state index in [1.165, 1.54) is 0 Å². The summed E-state index contributed by atoms with van der Waals surface area (Å²) in [5, 5.41) is 2.89. The fourth-order valence-corrected chi connectivity index (χ4v) is 1.85. The number of carbonyl (C=O) groups excluding carboxylic acids is 1. The van der Waals surface area contributed by atoms with Crippen LogP contribution >= 0.6 is 0 Å². The molecule has 0 aliphatic carbocycles. The first-order chi connectivity index (χ1) is 8.18. The van der Waals surface area contributed by atoms with Crippen molar-refractivity contribution in [3.05, 3.63) is 29.6 Å². The van der Waals surface area contributed by atoms with Crippen LogP contribution in [0.1, 0.15) is 11.1 Å². The lowest BCUT2D eigenvalue weighted by Crippen LogP contribution is -2.40. The second-order valence-corrected chi connectivity index (χ2v) is 4.33. The number of carbonyl (C=O) groups is 1. The van der Waals surface area contributed by atoms with Gasteiger partial charge in [0.15, 0.2) is 0 Å². The summed E-state index contributed by atoms with van der Waals surface area (Å²) < 4.78 is 5.17. The summed E-state index contributed by atoms with van der Waals surface area (Å²) in [5.41, 5.74) is 7.92. The molecule has 2 heterocycles. The van der Waals surface area contributed by atoms with E-state index in [9.17, 15) is 4.79 Å². The van der Waals surface area contributed by atoms with Crippen molar-refractivity contribution < 1.29 is 9.53 Å². The number of aromatic nitrogens is 1. The van der Waals surface area contributed by atoms with Gasteiger partial charge < -0.3 is 15.8 Å². The zero-order valence-corrected chi connectivity index (χ0v) is 9.85. The molecule has 1 amide bonds. The SMILES string of the molecule is Cc1cnccc1CNC(=O)C1COCC1N. The maximum Gasteiger partial charge on any atom is 0.227 e. The Hall–Kier alpha value is -1.46. The lowest BCUT2D eigenvalue weighted by atomic mass is 10.0. The number of rotatable bonds is 3. The van der Waals surface area contributed by atoms with Gasteiger partial charge in [0.1, 0.15) is 0 Å². The number of hydrogen-bond donors (Lipinski definition) is 2. The molecule has 0 bridgehead atoms. The second-order valence-electron chi connectivity index (χ2n) is 4.33. The first kappa shape index (κ1) is 12.0. The molecule has 3 N–H and O–H groups in total. The standard InChI is InChI=1S/C12H17N3O2/c1-8-4-14-3-2-9(8)5-15-12(16)10-6-17-7-11(10)13/h2-4,10-11H,5-7,13H2,1H3,(H,15,16). The average molecular weight is 235 g/mol. The van der Waals surface area contributed by atoms with Gasteiger partial charge in [-0.15, -0.1) is 0 Å². The summed E-state index contributed by atoms with van der Waals surface area (Å²) >= 11 is 0. The van der Waals surface area contributed by atoms with Gasteiger partial charge in [-0.05, 0) is 24.1 Å². The Morgan fingerprint density at radius 2 is 2.47 bits per heavy atom. The van der Waals surface area contributed by atoms with E-state index in [0.29, 0.717) is 19.8 Å². The number of nitrogens with two attached hydrogens (primary N) is 1. The normalized spacial score (nSPS) is 23.6. The van der Waals surface area contributed by atoms with Crippen LogP contribution in [-0.4, -0.2) is 30.1 Å². The summed E-state index contributed by atoms with van der Waals surface area (Å²) in [4.78, 5) is 15.9. The maximum atomic E-state index is 11.9. The van der Waals surface area contributed by atoms with Crippen LogP contribution in [-0.2, 0) is 16.1 Å². The van der Waals surface area contributed by atoms with Gasteiger partial charge >= 0.3 is 0 Å². The number of hydrogen-bond acceptors (Lipinski definition) is 4. The molecule has 5 nitrogen and oxygen atoms in total. The molecule has 0 spiro atoms. The number of nitrogens with one attached hydrogen (secondary N) is 1. The van der Waals surface area contributed by atoms with Gasteiger partial charge in [-0.1, -0.05) is 0 Å². The predicted molar refractivity (Wildman–Crippen MR) is 63.1 cm³/mol. The van der Waals surface area contributed by atoms with Crippen LogP contribution in [0.15, 0.2) is 18.5 Å². The second kappa shape index (κ2) is 5.25. The minimum Gasteiger partial charge on any atom is -0.379 e. The zero-order chi connectivity index (χ0) is 12.3. The Morgan fingerprint density at radius 1 is 1.65 bits per heavy atom. The molecule has 1 aromatic heterocycles. The van der Waals surface area contributed by atoms with E-state index in [1.807, 2.05) is 13.0 Å². The van der Waals surface area contributed by atoms with Crippen molar-refractivity contribution in [1.29, 1.82) is 0 Å². The van der Waals surface area contributed by atoms with Crippen molar-refractivity contribution in [2.75, 3.05) is 13.2 Å². The molecule has 0 saturated carbocycles. The molecule has 0 radical (unpaired) electrons. The van der Waals surface area contributed by atoms with Gasteiger partial charge in [-0.2, -0.15) is 0 Å². The van der Waals surface area contributed by atoms with Crippen molar-refractivity contribution in [2.24, 2.45) is 11.7 Å². The molecule has 5 heteroatoms. The zero-order valence-electron chi connectivity index (χ0n) is 9.85. The van der Waals surface area contributed by atoms with Gasteiger partial charge in [-0.3, -0.25) is 9.78 Å². The highest BCUT2D eigenvalue weighted by molar-refractivity contribution is 5.79. The molecule has 0 aromatic carbocycles. The summed E-state index contributed by atoms with van der Waals surface area (Å²) in [6.07, 6.45) is 3.50. The van der Waals surface area contributed by atoms with Crippen molar-refractivity contribution >= 4 is 5.91 Å². The van der Waals surface area contributed by atoms with Crippen LogP contribution in [0.2, 0.25) is 0 Å². The van der Waals surface area contributed by atoms with E-state index in [4.69, 9.17) is 10.5 Å². The van der Waals surface area contributed by atoms with Crippen LogP contribution in [0.3, 0.4) is 0 Å². The van der Waals surface area contributed by atoms with E-state index in [0.717, 1.165) is 11.1 Å². The van der Waals surface area contributed by atoms with E-state index in [1.54, 1.807) is 12.4 Å². The molecular weight excluding hydrogens is 218 g/mol. The smallest absolute Gasteiger partial charge is 0.227 e. The highest BCUT2D eigenvalue weighted by Gasteiger charge is 2.30. The molecule has 2 unspecified atom stereocenters. The summed E-state index contributed by atoms with van der Waals surface area (Å²) in [6.45, 7) is 3.37. The Kier molecular flexibility index (Phi) is 3.71. The number of ether oxygens (including phenoxy) is 1. The fourth-order valence-electron chi connectivity index (χ4n) is 1.85. The highest BCUT2D eigenvalue weighted by atomic mass is 16.5. The topological polar surface area (TPSA) is 77.2 Å². The number of pyridine rings is 1. The van der Waals surface area contributed by atoms with Crippen LogP contribution < -0.4 is 11.1 Å². The van der Waals surface area contributed by atoms with Crippen molar-refractivity contribution in [1.82, 2.24) is 10.3 Å². The summed E-state index contributed by atoms with van der Waals surface area (Å²) in [5.74, 6) is -0.261. The monoisotopic (exact) mass is 235 g/mol. The van der Waals surface area contributed by atoms with Gasteiger partial charge in [0.25, 0.3) is 0 Å². The molecule has 2 rings (SSSR count). The Morgan fingerprint density at radius 3 is 3.12 bits per heavy atom. The van der Waals surface area contributed by atoms with Crippen LogP contribution in [0.25, 0.3) is 0 Å². The Labute approximate surface area is 100 Å². The van der Waals surface area contributed by atoms with Gasteiger partial charge in [0.05, 0.1) is 19.1 Å². The lowest BCUT2D eigenvalue weighted by Gasteiger charge is -2.14. The first-order valence-corrected chi connectivity index (χ1v) is 5.69. The van der Waals surface area contributed by atoms with Crippen molar-refractivity contribution in [3.8, 4) is 0 Å². The Bertz CT molecular complexity index is 408. The van der Waals surface area contributed by atoms with Crippen LogP contribution in [0, 0.1) is 12.8 Å². The first-order valence-electron chi connectivity index (χ1n) is 5.69. The molecule has 92 valence electrons. The van der Waals surface area contributed by atoms with Gasteiger partial charge in [0, 0.05) is 25.0 Å². The minimum absolute atomic E-state index is 0.0359. The number of amides is 1. The third-order valence-corrected chi connectivity index (χ3v) is 3.05. The van der Waals surface area contributed by atoms with E-state index >= 15 is 0 Å². The maximum absolute atomic E-state index is 11.9. The van der Waals surface area contributed by atoms with E-state index in [2.05, 4.69) is 10.3 Å². The van der Waals surface area contributed by atoms with Crippen molar-refractivity contribution in [3.63, 3.8) is 0 Å². The third-order valence-electron chi connectivity index (χ3n) is 3.05. The van der Waals surface area contributed by atoms with E-state index in [-0.39, 0.29) is 17.9 Å².